The zero-order chi connectivity index (χ0) is 14.8. The molecule has 1 amide bonds. The normalized spacial score (nSPS) is 17.7. The third-order valence-corrected chi connectivity index (χ3v) is 3.68. The maximum absolute atomic E-state index is 11.1. The summed E-state index contributed by atoms with van der Waals surface area (Å²) in [7, 11) is 1.86. The fourth-order valence-corrected chi connectivity index (χ4v) is 2.49. The number of ether oxygens (including phenoxy) is 1. The van der Waals surface area contributed by atoms with Gasteiger partial charge in [0.15, 0.2) is 0 Å². The molecule has 5 N–H and O–H groups in total. The lowest BCUT2D eigenvalue weighted by Crippen LogP contribution is -2.45. The molecule has 1 saturated heterocycles. The summed E-state index contributed by atoms with van der Waals surface area (Å²) in [5, 5.41) is 10.5. The number of carbonyl (C=O) groups is 1. The van der Waals surface area contributed by atoms with E-state index in [4.69, 9.17) is 16.2 Å². The number of likely N-dealkylation sites (N-methyl/N-ethyl adjacent to an activating group) is 1. The minimum Gasteiger partial charge on any atom is -0.397 e. The summed E-state index contributed by atoms with van der Waals surface area (Å²) in [5.41, 5.74) is 12.0. The van der Waals surface area contributed by atoms with Gasteiger partial charge in [0.05, 0.1) is 17.0 Å². The van der Waals surface area contributed by atoms with Crippen LogP contribution in [0.3, 0.4) is 0 Å². The van der Waals surface area contributed by atoms with Crippen LogP contribution in [0, 0.1) is 0 Å². The second kappa shape index (κ2) is 5.68. The average Bonchev–Trinajstić information content (AvgIpc) is 2.38. The summed E-state index contributed by atoms with van der Waals surface area (Å²) in [6.07, 6.45) is 1.22. The Kier molecular flexibility index (Phi) is 4.15. The van der Waals surface area contributed by atoms with Crippen LogP contribution in [0.5, 0.6) is 0 Å². The van der Waals surface area contributed by atoms with Crippen LogP contribution in [0.25, 0.3) is 0 Å². The zero-order valence-electron chi connectivity index (χ0n) is 11.6. The van der Waals surface area contributed by atoms with Crippen molar-refractivity contribution < 1.29 is 14.6 Å². The Bertz CT molecular complexity index is 498. The number of amides is 1. The predicted molar refractivity (Wildman–Crippen MR) is 77.6 cm³/mol. The smallest absolute Gasteiger partial charge is 0.248 e. The molecule has 0 aromatic heterocycles. The molecular weight excluding hydrogens is 258 g/mol. The maximum Gasteiger partial charge on any atom is 0.248 e. The van der Waals surface area contributed by atoms with Crippen molar-refractivity contribution in [3.63, 3.8) is 0 Å². The molecule has 110 valence electrons. The van der Waals surface area contributed by atoms with Gasteiger partial charge in [-0.05, 0) is 18.2 Å². The number of primary amides is 1. The quantitative estimate of drug-likeness (QED) is 0.690. The zero-order valence-corrected chi connectivity index (χ0v) is 11.6. The van der Waals surface area contributed by atoms with Crippen LogP contribution in [0.15, 0.2) is 18.2 Å². The van der Waals surface area contributed by atoms with Crippen molar-refractivity contribution >= 4 is 17.3 Å². The first kappa shape index (κ1) is 14.6. The Balaban J connectivity index is 2.12. The molecule has 1 aliphatic heterocycles. The highest BCUT2D eigenvalue weighted by atomic mass is 16.5. The van der Waals surface area contributed by atoms with Crippen molar-refractivity contribution in [1.82, 2.24) is 0 Å². The fraction of sp³-hybridized carbons (Fsp3) is 0.500. The minimum atomic E-state index is -0.762. The Morgan fingerprint density at radius 3 is 2.65 bits per heavy atom. The summed E-state index contributed by atoms with van der Waals surface area (Å²) >= 11 is 0. The molecule has 6 heteroatoms. The first-order valence-corrected chi connectivity index (χ1v) is 6.62. The number of hydrogen-bond acceptors (Lipinski definition) is 5. The molecule has 1 aromatic rings. The first-order chi connectivity index (χ1) is 9.41. The molecule has 1 aromatic carbocycles. The summed E-state index contributed by atoms with van der Waals surface area (Å²) in [6.45, 7) is 1.61. The molecule has 1 aliphatic rings. The second-order valence-electron chi connectivity index (χ2n) is 5.33. The molecule has 6 nitrogen and oxygen atoms in total. The van der Waals surface area contributed by atoms with Gasteiger partial charge < -0.3 is 26.2 Å². The van der Waals surface area contributed by atoms with Crippen molar-refractivity contribution in [1.29, 1.82) is 0 Å². The largest absolute Gasteiger partial charge is 0.397 e. The van der Waals surface area contributed by atoms with Crippen LogP contribution in [0.4, 0.5) is 11.4 Å². The molecular formula is C14H21N3O3. The van der Waals surface area contributed by atoms with Crippen molar-refractivity contribution in [3.8, 4) is 0 Å². The van der Waals surface area contributed by atoms with Crippen LogP contribution in [-0.4, -0.2) is 43.4 Å². The Labute approximate surface area is 118 Å². The fourth-order valence-electron chi connectivity index (χ4n) is 2.49. The van der Waals surface area contributed by atoms with Gasteiger partial charge in [-0.15, -0.1) is 0 Å². The van der Waals surface area contributed by atoms with Crippen molar-refractivity contribution in [2.75, 3.05) is 37.4 Å². The van der Waals surface area contributed by atoms with Gasteiger partial charge in [0.1, 0.15) is 0 Å². The summed E-state index contributed by atoms with van der Waals surface area (Å²) < 4.78 is 5.26. The van der Waals surface area contributed by atoms with E-state index in [9.17, 15) is 9.90 Å². The van der Waals surface area contributed by atoms with Gasteiger partial charge in [0.25, 0.3) is 0 Å². The number of nitrogens with two attached hydrogens (primary N) is 2. The number of aliphatic hydroxyl groups is 1. The Morgan fingerprint density at radius 1 is 1.45 bits per heavy atom. The van der Waals surface area contributed by atoms with Gasteiger partial charge in [-0.3, -0.25) is 4.79 Å². The summed E-state index contributed by atoms with van der Waals surface area (Å²) in [4.78, 5) is 13.0. The lowest BCUT2D eigenvalue weighted by molar-refractivity contribution is -0.0572. The SMILES string of the molecule is CN(CC1(O)CCOCC1)c1ccc(C(N)=O)cc1N. The van der Waals surface area contributed by atoms with Crippen molar-refractivity contribution in [2.24, 2.45) is 5.73 Å². The predicted octanol–water partition coefficient (Wildman–Crippen LogP) is 0.345. The maximum atomic E-state index is 11.1. The highest BCUT2D eigenvalue weighted by Gasteiger charge is 2.31. The van der Waals surface area contributed by atoms with E-state index in [1.807, 2.05) is 11.9 Å². The molecule has 0 spiro atoms. The van der Waals surface area contributed by atoms with Gasteiger partial charge in [-0.25, -0.2) is 0 Å². The molecule has 0 unspecified atom stereocenters. The molecule has 2 rings (SSSR count). The number of hydrogen-bond donors (Lipinski definition) is 3. The molecule has 1 heterocycles. The van der Waals surface area contributed by atoms with E-state index in [1.165, 1.54) is 0 Å². The Hall–Kier alpha value is -1.79. The van der Waals surface area contributed by atoms with Gasteiger partial charge in [0, 0.05) is 45.2 Å². The number of nitrogens with zero attached hydrogens (tertiary/aromatic N) is 1. The highest BCUT2D eigenvalue weighted by Crippen LogP contribution is 2.28. The van der Waals surface area contributed by atoms with Crippen LogP contribution in [0.2, 0.25) is 0 Å². The third-order valence-electron chi connectivity index (χ3n) is 3.68. The van der Waals surface area contributed by atoms with Crippen molar-refractivity contribution in [2.45, 2.75) is 18.4 Å². The van der Waals surface area contributed by atoms with Gasteiger partial charge in [-0.1, -0.05) is 0 Å². The molecule has 20 heavy (non-hydrogen) atoms. The minimum absolute atomic E-state index is 0.379. The van der Waals surface area contributed by atoms with E-state index in [-0.39, 0.29) is 0 Å². The molecule has 0 atom stereocenters. The van der Waals surface area contributed by atoms with E-state index in [2.05, 4.69) is 0 Å². The topological polar surface area (TPSA) is 102 Å². The van der Waals surface area contributed by atoms with Crippen LogP contribution in [0.1, 0.15) is 23.2 Å². The van der Waals surface area contributed by atoms with Crippen LogP contribution >= 0.6 is 0 Å². The Morgan fingerprint density at radius 2 is 2.10 bits per heavy atom. The van der Waals surface area contributed by atoms with Gasteiger partial charge in [-0.2, -0.15) is 0 Å². The van der Waals surface area contributed by atoms with E-state index >= 15 is 0 Å². The van der Waals surface area contributed by atoms with Gasteiger partial charge >= 0.3 is 0 Å². The lowest BCUT2D eigenvalue weighted by Gasteiger charge is -2.36. The summed E-state index contributed by atoms with van der Waals surface area (Å²) in [6, 6.07) is 4.94. The number of nitrogen functional groups attached to an aromatic ring is 1. The molecule has 0 aliphatic carbocycles. The third kappa shape index (κ3) is 3.20. The number of rotatable bonds is 4. The van der Waals surface area contributed by atoms with Crippen LogP contribution < -0.4 is 16.4 Å². The first-order valence-electron chi connectivity index (χ1n) is 6.62. The average molecular weight is 279 g/mol. The van der Waals surface area contributed by atoms with Crippen molar-refractivity contribution in [3.05, 3.63) is 23.8 Å². The molecule has 1 fully saturated rings. The highest BCUT2D eigenvalue weighted by molar-refractivity contribution is 5.94. The number of anilines is 2. The molecule has 0 bridgehead atoms. The number of carbonyl (C=O) groups excluding carboxylic acids is 1. The lowest BCUT2D eigenvalue weighted by atomic mass is 9.93. The molecule has 0 radical (unpaired) electrons. The van der Waals surface area contributed by atoms with E-state index < -0.39 is 11.5 Å². The summed E-state index contributed by atoms with van der Waals surface area (Å²) in [5.74, 6) is -0.506. The van der Waals surface area contributed by atoms with E-state index in [0.717, 1.165) is 5.69 Å². The standard InChI is InChI=1S/C14H21N3O3/c1-17(9-14(19)4-6-20-7-5-14)12-3-2-10(13(16)18)8-11(12)15/h2-3,8,19H,4-7,9,15H2,1H3,(H2,16,18). The van der Waals surface area contributed by atoms with Gasteiger partial charge in [0.2, 0.25) is 5.91 Å². The molecule has 0 saturated carbocycles. The number of benzene rings is 1. The van der Waals surface area contributed by atoms with Crippen LogP contribution in [-0.2, 0) is 4.74 Å². The second-order valence-corrected chi connectivity index (χ2v) is 5.33. The van der Waals surface area contributed by atoms with E-state index in [0.29, 0.717) is 43.9 Å². The monoisotopic (exact) mass is 279 g/mol. The van der Waals surface area contributed by atoms with E-state index in [1.54, 1.807) is 18.2 Å².